The van der Waals surface area contributed by atoms with Gasteiger partial charge in [-0.1, -0.05) is 27.5 Å². The molecule has 3 nitrogen and oxygen atoms in total. The smallest absolute Gasteiger partial charge is 0.247 e. The van der Waals surface area contributed by atoms with Gasteiger partial charge < -0.3 is 0 Å². The van der Waals surface area contributed by atoms with Crippen molar-refractivity contribution >= 4 is 56.8 Å². The van der Waals surface area contributed by atoms with Crippen LogP contribution in [-0.4, -0.2) is 17.1 Å². The van der Waals surface area contributed by atoms with Crippen molar-refractivity contribution in [1.82, 2.24) is 0 Å². The molecule has 0 spiro atoms. The molecule has 1 fully saturated rings. The summed E-state index contributed by atoms with van der Waals surface area (Å²) in [7, 11) is 0. The van der Waals surface area contributed by atoms with Gasteiger partial charge in [-0.15, -0.1) is 11.8 Å². The first-order valence-corrected chi connectivity index (χ1v) is 8.64. The Labute approximate surface area is 145 Å². The van der Waals surface area contributed by atoms with E-state index >= 15 is 0 Å². The number of nitrogens with zero attached hydrogens (tertiary/aromatic N) is 1. The molecule has 2 amide bonds. The second kappa shape index (κ2) is 6.44. The zero-order valence-electron chi connectivity index (χ0n) is 11.3. The summed E-state index contributed by atoms with van der Waals surface area (Å²) < 4.78 is 0.905. The Morgan fingerprint density at radius 1 is 1.05 bits per heavy atom. The van der Waals surface area contributed by atoms with Crippen LogP contribution in [-0.2, 0) is 9.59 Å². The SMILES string of the molecule is O=C1C[C@@H](Sc2ccc(Cl)cc2)C(=O)N1c1ccc(Br)cc1. The summed E-state index contributed by atoms with van der Waals surface area (Å²) in [6, 6.07) is 14.4. The van der Waals surface area contributed by atoms with Crippen LogP contribution in [0.3, 0.4) is 0 Å². The number of hydrogen-bond donors (Lipinski definition) is 0. The average Bonchev–Trinajstić information content (AvgIpc) is 2.77. The Balaban J connectivity index is 1.79. The maximum absolute atomic E-state index is 12.5. The van der Waals surface area contributed by atoms with Crippen LogP contribution in [0.5, 0.6) is 0 Å². The standard InChI is InChI=1S/C16H11BrClNO2S/c17-10-1-5-12(6-2-10)19-15(20)9-14(16(19)21)22-13-7-3-11(18)4-8-13/h1-8,14H,9H2/t14-/m1/s1. The highest BCUT2D eigenvalue weighted by atomic mass is 79.9. The quantitative estimate of drug-likeness (QED) is 0.716. The van der Waals surface area contributed by atoms with Gasteiger partial charge in [0.05, 0.1) is 10.9 Å². The highest BCUT2D eigenvalue weighted by Gasteiger charge is 2.40. The van der Waals surface area contributed by atoms with Crippen molar-refractivity contribution in [2.75, 3.05) is 4.90 Å². The van der Waals surface area contributed by atoms with E-state index in [9.17, 15) is 9.59 Å². The topological polar surface area (TPSA) is 37.4 Å². The van der Waals surface area contributed by atoms with Gasteiger partial charge in [0.2, 0.25) is 11.8 Å². The molecule has 3 rings (SSSR count). The molecule has 112 valence electrons. The molecule has 22 heavy (non-hydrogen) atoms. The lowest BCUT2D eigenvalue weighted by Crippen LogP contribution is -2.31. The first kappa shape index (κ1) is 15.6. The maximum atomic E-state index is 12.5. The molecule has 1 saturated heterocycles. The minimum atomic E-state index is -0.391. The zero-order chi connectivity index (χ0) is 15.7. The van der Waals surface area contributed by atoms with E-state index < -0.39 is 5.25 Å². The number of amides is 2. The van der Waals surface area contributed by atoms with Crippen molar-refractivity contribution < 1.29 is 9.59 Å². The molecule has 1 heterocycles. The first-order valence-electron chi connectivity index (χ1n) is 6.59. The van der Waals surface area contributed by atoms with Crippen LogP contribution in [0.25, 0.3) is 0 Å². The highest BCUT2D eigenvalue weighted by molar-refractivity contribution is 9.10. The van der Waals surface area contributed by atoms with E-state index in [-0.39, 0.29) is 18.2 Å². The third-order valence-corrected chi connectivity index (χ3v) is 5.26. The predicted molar refractivity (Wildman–Crippen MR) is 92.3 cm³/mol. The van der Waals surface area contributed by atoms with E-state index in [2.05, 4.69) is 15.9 Å². The summed E-state index contributed by atoms with van der Waals surface area (Å²) in [5.41, 5.74) is 0.609. The lowest BCUT2D eigenvalue weighted by atomic mass is 10.3. The number of rotatable bonds is 3. The number of benzene rings is 2. The highest BCUT2D eigenvalue weighted by Crippen LogP contribution is 2.34. The van der Waals surface area contributed by atoms with Crippen LogP contribution in [0, 0.1) is 0 Å². The number of imide groups is 1. The number of carbonyl (C=O) groups is 2. The molecule has 0 aliphatic carbocycles. The molecule has 0 aromatic heterocycles. The molecule has 0 saturated carbocycles. The fourth-order valence-corrected chi connectivity index (χ4v) is 3.68. The van der Waals surface area contributed by atoms with Crippen molar-refractivity contribution in [3.8, 4) is 0 Å². The molecule has 1 aliphatic rings. The number of halogens is 2. The number of thioether (sulfide) groups is 1. The molecule has 1 atom stereocenters. The molecule has 0 unspecified atom stereocenters. The van der Waals surface area contributed by atoms with Gasteiger partial charge in [0.25, 0.3) is 0 Å². The van der Waals surface area contributed by atoms with Crippen LogP contribution in [0.4, 0.5) is 5.69 Å². The fraction of sp³-hybridized carbons (Fsp3) is 0.125. The van der Waals surface area contributed by atoms with Gasteiger partial charge in [0, 0.05) is 20.8 Å². The largest absolute Gasteiger partial charge is 0.274 e. The van der Waals surface area contributed by atoms with E-state index in [1.54, 1.807) is 24.3 Å². The average molecular weight is 397 g/mol. The third-order valence-electron chi connectivity index (χ3n) is 3.28. The molecule has 0 N–H and O–H groups in total. The van der Waals surface area contributed by atoms with E-state index in [4.69, 9.17) is 11.6 Å². The van der Waals surface area contributed by atoms with E-state index in [1.165, 1.54) is 16.7 Å². The first-order chi connectivity index (χ1) is 10.5. The second-order valence-corrected chi connectivity index (χ2v) is 7.44. The second-order valence-electron chi connectivity index (χ2n) is 4.81. The van der Waals surface area contributed by atoms with Crippen molar-refractivity contribution in [2.24, 2.45) is 0 Å². The van der Waals surface area contributed by atoms with Crippen LogP contribution in [0.2, 0.25) is 5.02 Å². The Morgan fingerprint density at radius 2 is 1.68 bits per heavy atom. The molecule has 2 aromatic carbocycles. The van der Waals surface area contributed by atoms with Gasteiger partial charge in [-0.25, -0.2) is 4.90 Å². The molecule has 6 heteroatoms. The fourth-order valence-electron chi connectivity index (χ4n) is 2.23. The van der Waals surface area contributed by atoms with Crippen LogP contribution in [0.1, 0.15) is 6.42 Å². The normalized spacial score (nSPS) is 18.1. The number of hydrogen-bond acceptors (Lipinski definition) is 3. The Kier molecular flexibility index (Phi) is 4.57. The molecule has 2 aromatic rings. The number of carbonyl (C=O) groups excluding carboxylic acids is 2. The minimum Gasteiger partial charge on any atom is -0.274 e. The summed E-state index contributed by atoms with van der Waals surface area (Å²) >= 11 is 10.6. The van der Waals surface area contributed by atoms with Gasteiger partial charge in [0.15, 0.2) is 0 Å². The van der Waals surface area contributed by atoms with E-state index in [1.807, 2.05) is 24.3 Å². The summed E-state index contributed by atoms with van der Waals surface area (Å²) in [5.74, 6) is -0.342. The summed E-state index contributed by atoms with van der Waals surface area (Å²) in [6.07, 6.45) is 0.211. The zero-order valence-corrected chi connectivity index (χ0v) is 14.5. The molecule has 1 aliphatic heterocycles. The van der Waals surface area contributed by atoms with Crippen LogP contribution < -0.4 is 4.90 Å². The van der Waals surface area contributed by atoms with Gasteiger partial charge in [-0.2, -0.15) is 0 Å². The maximum Gasteiger partial charge on any atom is 0.247 e. The van der Waals surface area contributed by atoms with Crippen molar-refractivity contribution in [3.05, 3.63) is 58.0 Å². The van der Waals surface area contributed by atoms with Gasteiger partial charge in [-0.3, -0.25) is 9.59 Å². The van der Waals surface area contributed by atoms with Gasteiger partial charge in [-0.05, 0) is 48.5 Å². The summed E-state index contributed by atoms with van der Waals surface area (Å²) in [5, 5.41) is 0.256. The Bertz CT molecular complexity index is 718. The molecular formula is C16H11BrClNO2S. The van der Waals surface area contributed by atoms with Crippen molar-refractivity contribution in [1.29, 1.82) is 0 Å². The minimum absolute atomic E-state index is 0.168. The number of anilines is 1. The van der Waals surface area contributed by atoms with Gasteiger partial charge in [0.1, 0.15) is 0 Å². The lowest BCUT2D eigenvalue weighted by molar-refractivity contribution is -0.121. The monoisotopic (exact) mass is 395 g/mol. The molecular weight excluding hydrogens is 386 g/mol. The van der Waals surface area contributed by atoms with Crippen LogP contribution >= 0.6 is 39.3 Å². The Hall–Kier alpha value is -1.30. The van der Waals surface area contributed by atoms with Gasteiger partial charge >= 0.3 is 0 Å². The van der Waals surface area contributed by atoms with E-state index in [0.29, 0.717) is 10.7 Å². The summed E-state index contributed by atoms with van der Waals surface area (Å²) in [6.45, 7) is 0. The molecule has 0 bridgehead atoms. The Morgan fingerprint density at radius 3 is 2.32 bits per heavy atom. The summed E-state index contributed by atoms with van der Waals surface area (Å²) in [4.78, 5) is 26.9. The van der Waals surface area contributed by atoms with Crippen molar-refractivity contribution in [2.45, 2.75) is 16.6 Å². The third kappa shape index (κ3) is 3.21. The van der Waals surface area contributed by atoms with Crippen LogP contribution in [0.15, 0.2) is 57.9 Å². The van der Waals surface area contributed by atoms with E-state index in [0.717, 1.165) is 9.37 Å². The molecule has 0 radical (unpaired) electrons. The van der Waals surface area contributed by atoms with Crippen molar-refractivity contribution in [3.63, 3.8) is 0 Å². The lowest BCUT2D eigenvalue weighted by Gasteiger charge is -2.15. The predicted octanol–water partition coefficient (Wildman–Crippen LogP) is 4.53.